The van der Waals surface area contributed by atoms with Gasteiger partial charge in [-0.1, -0.05) is 56.3 Å². The Morgan fingerprint density at radius 2 is 1.76 bits per heavy atom. The van der Waals surface area contributed by atoms with E-state index in [0.29, 0.717) is 12.0 Å². The maximum absolute atomic E-state index is 12.5. The zero-order chi connectivity index (χ0) is 20.5. The first-order valence-electron chi connectivity index (χ1n) is 11.6. The van der Waals surface area contributed by atoms with Crippen LogP contribution < -0.4 is 5.32 Å². The number of hydrogen-bond donors (Lipinski definition) is 1. The lowest BCUT2D eigenvalue weighted by molar-refractivity contribution is -0.126. The maximum atomic E-state index is 12.5. The number of nitrogens with zero attached hydrogens (tertiary/aromatic N) is 2. The van der Waals surface area contributed by atoms with E-state index in [0.717, 1.165) is 45.4 Å². The molecule has 29 heavy (non-hydrogen) atoms. The Labute approximate surface area is 177 Å². The molecule has 2 fully saturated rings. The lowest BCUT2D eigenvalue weighted by Crippen LogP contribution is -2.49. The topological polar surface area (TPSA) is 35.6 Å². The smallest absolute Gasteiger partial charge is 0.223 e. The van der Waals surface area contributed by atoms with Gasteiger partial charge in [-0.05, 0) is 69.8 Å². The Morgan fingerprint density at radius 3 is 2.41 bits per heavy atom. The van der Waals surface area contributed by atoms with Gasteiger partial charge in [0.25, 0.3) is 0 Å². The molecule has 2 heterocycles. The van der Waals surface area contributed by atoms with Crippen molar-refractivity contribution in [1.82, 2.24) is 15.1 Å². The molecule has 3 rings (SSSR count). The number of hydrogen-bond acceptors (Lipinski definition) is 3. The van der Waals surface area contributed by atoms with Crippen molar-refractivity contribution in [2.24, 2.45) is 11.8 Å². The van der Waals surface area contributed by atoms with E-state index in [2.05, 4.69) is 65.4 Å². The number of carbonyl (C=O) groups is 1. The summed E-state index contributed by atoms with van der Waals surface area (Å²) in [5.41, 5.74) is 1.29. The van der Waals surface area contributed by atoms with Crippen molar-refractivity contribution >= 4 is 5.91 Å². The van der Waals surface area contributed by atoms with E-state index in [1.54, 1.807) is 0 Å². The first-order valence-corrected chi connectivity index (χ1v) is 11.6. The fourth-order valence-electron chi connectivity index (χ4n) is 4.60. The number of carbonyl (C=O) groups excluding carboxylic acids is 1. The summed E-state index contributed by atoms with van der Waals surface area (Å²) < 4.78 is 0. The minimum atomic E-state index is 0.197. The Balaban J connectivity index is 1.31. The van der Waals surface area contributed by atoms with E-state index >= 15 is 0 Å². The summed E-state index contributed by atoms with van der Waals surface area (Å²) in [5.74, 6) is 1.10. The van der Waals surface area contributed by atoms with Crippen LogP contribution in [0.1, 0.15) is 45.1 Å². The fraction of sp³-hybridized carbons (Fsp3) is 0.640. The maximum Gasteiger partial charge on any atom is 0.223 e. The highest BCUT2D eigenvalue weighted by atomic mass is 16.1. The van der Waals surface area contributed by atoms with Crippen LogP contribution in [0.5, 0.6) is 0 Å². The molecular weight excluding hydrogens is 358 g/mol. The molecule has 0 aliphatic carbocycles. The summed E-state index contributed by atoms with van der Waals surface area (Å²) in [6.07, 6.45) is 10.1. The van der Waals surface area contributed by atoms with Crippen LogP contribution in [0.15, 0.2) is 42.5 Å². The predicted octanol–water partition coefficient (Wildman–Crippen LogP) is 3.73. The Morgan fingerprint density at radius 1 is 1.07 bits per heavy atom. The van der Waals surface area contributed by atoms with E-state index in [-0.39, 0.29) is 11.8 Å². The highest BCUT2D eigenvalue weighted by molar-refractivity contribution is 5.78. The van der Waals surface area contributed by atoms with Crippen LogP contribution in [0.2, 0.25) is 0 Å². The molecule has 2 saturated heterocycles. The van der Waals surface area contributed by atoms with Crippen LogP contribution in [0.4, 0.5) is 0 Å². The Kier molecular flexibility index (Phi) is 8.75. The molecule has 4 heteroatoms. The number of piperidine rings is 2. The quantitative estimate of drug-likeness (QED) is 0.679. The Bertz CT molecular complexity index is 627. The molecule has 0 bridgehead atoms. The minimum absolute atomic E-state index is 0.197. The second kappa shape index (κ2) is 11.5. The summed E-state index contributed by atoms with van der Waals surface area (Å²) in [7, 11) is 0. The van der Waals surface area contributed by atoms with Gasteiger partial charge in [0, 0.05) is 25.0 Å². The molecule has 0 aromatic heterocycles. The van der Waals surface area contributed by atoms with Crippen LogP contribution in [0.25, 0.3) is 0 Å². The van der Waals surface area contributed by atoms with E-state index in [4.69, 9.17) is 0 Å². The summed E-state index contributed by atoms with van der Waals surface area (Å²) >= 11 is 0. The standard InChI is InChI=1S/C25H39N3O/c1-21(2)7-6-16-27-17-13-24(14-18-27)28-19-11-23(12-20-28)25(29)26-15-10-22-8-4-3-5-9-22/h3-9,21,23-24H,10-20H2,1-2H3,(H,26,29). The molecule has 4 nitrogen and oxygen atoms in total. The fourth-order valence-corrected chi connectivity index (χ4v) is 4.60. The van der Waals surface area contributed by atoms with Gasteiger partial charge in [0.15, 0.2) is 0 Å². The largest absolute Gasteiger partial charge is 0.356 e. The zero-order valence-corrected chi connectivity index (χ0v) is 18.4. The SMILES string of the molecule is CC(C)C=CCN1CCC(N2CCC(C(=O)NCCc3ccccc3)CC2)CC1. The van der Waals surface area contributed by atoms with Crippen molar-refractivity contribution in [3.05, 3.63) is 48.0 Å². The summed E-state index contributed by atoms with van der Waals surface area (Å²) in [6, 6.07) is 11.1. The molecule has 1 aromatic rings. The molecule has 2 aliphatic heterocycles. The Hall–Kier alpha value is -1.65. The molecule has 1 amide bonds. The van der Waals surface area contributed by atoms with Crippen molar-refractivity contribution in [1.29, 1.82) is 0 Å². The first kappa shape index (κ1) is 22.0. The highest BCUT2D eigenvalue weighted by Crippen LogP contribution is 2.24. The zero-order valence-electron chi connectivity index (χ0n) is 18.4. The van der Waals surface area contributed by atoms with Gasteiger partial charge < -0.3 is 10.2 Å². The normalized spacial score (nSPS) is 20.5. The number of rotatable bonds is 8. The van der Waals surface area contributed by atoms with E-state index in [1.165, 1.54) is 31.5 Å². The third-order valence-electron chi connectivity index (χ3n) is 6.41. The number of allylic oxidation sites excluding steroid dienone is 1. The molecule has 0 radical (unpaired) electrons. The average molecular weight is 398 g/mol. The first-order chi connectivity index (χ1) is 14.1. The summed E-state index contributed by atoms with van der Waals surface area (Å²) in [5, 5.41) is 3.16. The highest BCUT2D eigenvalue weighted by Gasteiger charge is 2.30. The lowest BCUT2D eigenvalue weighted by atomic mass is 9.92. The van der Waals surface area contributed by atoms with Gasteiger partial charge in [0.1, 0.15) is 0 Å². The van der Waals surface area contributed by atoms with E-state index < -0.39 is 0 Å². The molecule has 0 spiro atoms. The van der Waals surface area contributed by atoms with Crippen molar-refractivity contribution < 1.29 is 4.79 Å². The van der Waals surface area contributed by atoms with Crippen molar-refractivity contribution in [3.63, 3.8) is 0 Å². The lowest BCUT2D eigenvalue weighted by Gasteiger charge is -2.41. The summed E-state index contributed by atoms with van der Waals surface area (Å²) in [6.45, 7) is 10.9. The van der Waals surface area contributed by atoms with Crippen LogP contribution in [-0.4, -0.2) is 61.0 Å². The summed E-state index contributed by atoms with van der Waals surface area (Å²) in [4.78, 5) is 17.7. The van der Waals surface area contributed by atoms with Crippen LogP contribution in [0, 0.1) is 11.8 Å². The molecule has 1 aromatic carbocycles. The second-order valence-electron chi connectivity index (χ2n) is 9.04. The molecule has 160 valence electrons. The van der Waals surface area contributed by atoms with Crippen molar-refractivity contribution in [2.45, 2.75) is 52.0 Å². The van der Waals surface area contributed by atoms with Crippen LogP contribution in [-0.2, 0) is 11.2 Å². The third-order valence-corrected chi connectivity index (χ3v) is 6.41. The minimum Gasteiger partial charge on any atom is -0.356 e. The van der Waals surface area contributed by atoms with Crippen molar-refractivity contribution in [2.75, 3.05) is 39.3 Å². The molecule has 0 unspecified atom stereocenters. The van der Waals surface area contributed by atoms with Gasteiger partial charge in [-0.2, -0.15) is 0 Å². The molecule has 1 N–H and O–H groups in total. The number of likely N-dealkylation sites (tertiary alicyclic amines) is 2. The van der Waals surface area contributed by atoms with Gasteiger partial charge in [-0.15, -0.1) is 0 Å². The molecule has 0 atom stereocenters. The number of nitrogens with one attached hydrogen (secondary N) is 1. The third kappa shape index (κ3) is 7.27. The van der Waals surface area contributed by atoms with Crippen LogP contribution >= 0.6 is 0 Å². The molecular formula is C25H39N3O. The van der Waals surface area contributed by atoms with Crippen molar-refractivity contribution in [3.8, 4) is 0 Å². The van der Waals surface area contributed by atoms with Gasteiger partial charge in [-0.3, -0.25) is 9.69 Å². The van der Waals surface area contributed by atoms with Gasteiger partial charge in [0.05, 0.1) is 0 Å². The average Bonchev–Trinajstić information content (AvgIpc) is 2.75. The van der Waals surface area contributed by atoms with Gasteiger partial charge in [-0.25, -0.2) is 0 Å². The van der Waals surface area contributed by atoms with Gasteiger partial charge >= 0.3 is 0 Å². The molecule has 2 aliphatic rings. The number of benzene rings is 1. The van der Waals surface area contributed by atoms with Crippen LogP contribution in [0.3, 0.4) is 0 Å². The van der Waals surface area contributed by atoms with E-state index in [9.17, 15) is 4.79 Å². The second-order valence-corrected chi connectivity index (χ2v) is 9.04. The monoisotopic (exact) mass is 397 g/mol. The van der Waals surface area contributed by atoms with E-state index in [1.807, 2.05) is 6.07 Å². The number of amides is 1. The van der Waals surface area contributed by atoms with Gasteiger partial charge in [0.2, 0.25) is 5.91 Å². The predicted molar refractivity (Wildman–Crippen MR) is 121 cm³/mol. The molecule has 0 saturated carbocycles.